The van der Waals surface area contributed by atoms with Crippen molar-refractivity contribution in [1.29, 1.82) is 0 Å². The average molecular weight is 270 g/mol. The molecule has 0 unspecified atom stereocenters. The van der Waals surface area contributed by atoms with Gasteiger partial charge in [-0.1, -0.05) is 20.8 Å². The second-order valence-corrected chi connectivity index (χ2v) is 4.90. The van der Waals surface area contributed by atoms with E-state index in [2.05, 4.69) is 5.32 Å². The molecule has 0 aliphatic heterocycles. The Morgan fingerprint density at radius 1 is 1.22 bits per heavy atom. The standard InChI is InChI=1S/C10H17F3N2O3/c1-9(2,3)6(7(16)17)15-8(18)14-5-4-10(11,12)13/h6H,4-5H2,1-3H3,(H,16,17)(H2,14,15,18)/t6-/m0/s1. The summed E-state index contributed by atoms with van der Waals surface area (Å²) >= 11 is 0. The minimum absolute atomic E-state index is 0.591. The number of alkyl halides is 3. The van der Waals surface area contributed by atoms with Crippen molar-refractivity contribution in [2.75, 3.05) is 6.54 Å². The van der Waals surface area contributed by atoms with E-state index in [9.17, 15) is 22.8 Å². The van der Waals surface area contributed by atoms with Crippen LogP contribution in [0.4, 0.5) is 18.0 Å². The minimum Gasteiger partial charge on any atom is -0.480 e. The summed E-state index contributed by atoms with van der Waals surface area (Å²) < 4.78 is 35.5. The fourth-order valence-electron chi connectivity index (χ4n) is 1.15. The first-order valence-electron chi connectivity index (χ1n) is 5.27. The lowest BCUT2D eigenvalue weighted by Gasteiger charge is -2.27. The number of amides is 2. The van der Waals surface area contributed by atoms with E-state index in [1.807, 2.05) is 5.32 Å². The molecule has 0 saturated carbocycles. The molecule has 106 valence electrons. The third-order valence-corrected chi connectivity index (χ3v) is 2.08. The smallest absolute Gasteiger partial charge is 0.390 e. The summed E-state index contributed by atoms with van der Waals surface area (Å²) in [6.07, 6.45) is -5.52. The molecule has 0 aromatic heterocycles. The molecule has 0 aromatic carbocycles. The molecule has 8 heteroatoms. The first-order valence-corrected chi connectivity index (χ1v) is 5.27. The summed E-state index contributed by atoms with van der Waals surface area (Å²) in [4.78, 5) is 22.1. The minimum atomic E-state index is -4.36. The van der Waals surface area contributed by atoms with E-state index in [-0.39, 0.29) is 0 Å². The van der Waals surface area contributed by atoms with Crippen LogP contribution in [0.2, 0.25) is 0 Å². The van der Waals surface area contributed by atoms with Crippen molar-refractivity contribution in [3.8, 4) is 0 Å². The Morgan fingerprint density at radius 2 is 1.72 bits per heavy atom. The van der Waals surface area contributed by atoms with Gasteiger partial charge in [-0.3, -0.25) is 0 Å². The molecule has 0 aromatic rings. The fraction of sp³-hybridized carbons (Fsp3) is 0.800. The number of carbonyl (C=O) groups excluding carboxylic acids is 1. The Labute approximate surface area is 103 Å². The molecule has 0 rings (SSSR count). The van der Waals surface area contributed by atoms with Gasteiger partial charge in [-0.05, 0) is 5.41 Å². The SMILES string of the molecule is CC(C)(C)[C@@H](NC(=O)NCCC(F)(F)F)C(=O)O. The fourth-order valence-corrected chi connectivity index (χ4v) is 1.15. The molecule has 3 N–H and O–H groups in total. The zero-order valence-corrected chi connectivity index (χ0v) is 10.4. The summed E-state index contributed by atoms with van der Waals surface area (Å²) in [5.74, 6) is -1.24. The van der Waals surface area contributed by atoms with E-state index >= 15 is 0 Å². The lowest BCUT2D eigenvalue weighted by atomic mass is 9.87. The van der Waals surface area contributed by atoms with Gasteiger partial charge >= 0.3 is 18.2 Å². The number of carbonyl (C=O) groups is 2. The highest BCUT2D eigenvalue weighted by molar-refractivity contribution is 5.83. The molecule has 1 atom stereocenters. The zero-order chi connectivity index (χ0) is 14.6. The van der Waals surface area contributed by atoms with Gasteiger partial charge in [0, 0.05) is 6.54 Å². The Balaban J connectivity index is 4.25. The first-order chi connectivity index (χ1) is 7.93. The van der Waals surface area contributed by atoms with Gasteiger partial charge in [-0.2, -0.15) is 13.2 Å². The van der Waals surface area contributed by atoms with Crippen LogP contribution in [0, 0.1) is 5.41 Å². The first kappa shape index (κ1) is 16.5. The third kappa shape index (κ3) is 6.97. The Bertz CT molecular complexity index is 310. The monoisotopic (exact) mass is 270 g/mol. The molecule has 0 bridgehead atoms. The molecule has 0 fully saturated rings. The van der Waals surface area contributed by atoms with Crippen LogP contribution in [0.25, 0.3) is 0 Å². The van der Waals surface area contributed by atoms with Gasteiger partial charge in [0.25, 0.3) is 0 Å². The number of aliphatic carboxylic acids is 1. The van der Waals surface area contributed by atoms with E-state index in [0.29, 0.717) is 0 Å². The lowest BCUT2D eigenvalue weighted by molar-refractivity contribution is -0.142. The number of carboxylic acid groups (broad SMARTS) is 1. The number of halogens is 3. The number of rotatable bonds is 4. The highest BCUT2D eigenvalue weighted by Gasteiger charge is 2.33. The Hall–Kier alpha value is -1.47. The lowest BCUT2D eigenvalue weighted by Crippen LogP contribution is -2.52. The van der Waals surface area contributed by atoms with Gasteiger partial charge in [0.05, 0.1) is 6.42 Å². The molecular weight excluding hydrogens is 253 g/mol. The van der Waals surface area contributed by atoms with Crippen molar-refractivity contribution in [2.24, 2.45) is 5.41 Å². The largest absolute Gasteiger partial charge is 0.480 e. The molecule has 0 aliphatic rings. The van der Waals surface area contributed by atoms with Gasteiger partial charge in [-0.15, -0.1) is 0 Å². The van der Waals surface area contributed by atoms with Crippen molar-refractivity contribution in [3.05, 3.63) is 0 Å². The van der Waals surface area contributed by atoms with Crippen LogP contribution in [-0.4, -0.2) is 35.9 Å². The maximum atomic E-state index is 11.8. The van der Waals surface area contributed by atoms with Crippen LogP contribution in [-0.2, 0) is 4.79 Å². The summed E-state index contributed by atoms with van der Waals surface area (Å²) in [5, 5.41) is 13.0. The second-order valence-electron chi connectivity index (χ2n) is 4.90. The summed E-state index contributed by atoms with van der Waals surface area (Å²) in [6.45, 7) is 4.21. The maximum Gasteiger partial charge on any atom is 0.390 e. The van der Waals surface area contributed by atoms with Gasteiger partial charge in [-0.25, -0.2) is 9.59 Å². The van der Waals surface area contributed by atoms with Gasteiger partial charge in [0.2, 0.25) is 0 Å². The van der Waals surface area contributed by atoms with E-state index in [4.69, 9.17) is 5.11 Å². The number of urea groups is 1. The molecule has 2 amide bonds. The number of nitrogens with one attached hydrogen (secondary N) is 2. The third-order valence-electron chi connectivity index (χ3n) is 2.08. The summed E-state index contributed by atoms with van der Waals surface area (Å²) in [7, 11) is 0. The quantitative estimate of drug-likeness (QED) is 0.728. The van der Waals surface area contributed by atoms with Crippen molar-refractivity contribution >= 4 is 12.0 Å². The summed E-state index contributed by atoms with van der Waals surface area (Å²) in [6, 6.07) is -2.11. The normalized spacial score (nSPS) is 13.9. The van der Waals surface area contributed by atoms with E-state index in [1.165, 1.54) is 0 Å². The van der Waals surface area contributed by atoms with Crippen molar-refractivity contribution in [3.63, 3.8) is 0 Å². The number of hydrogen-bond donors (Lipinski definition) is 3. The van der Waals surface area contributed by atoms with E-state index in [1.54, 1.807) is 20.8 Å². The predicted molar refractivity (Wildman–Crippen MR) is 58.1 cm³/mol. The molecule has 0 spiro atoms. The average Bonchev–Trinajstić information content (AvgIpc) is 2.09. The van der Waals surface area contributed by atoms with Crippen molar-refractivity contribution < 1.29 is 27.9 Å². The van der Waals surface area contributed by atoms with Crippen LogP contribution in [0.15, 0.2) is 0 Å². The number of carboxylic acids is 1. The zero-order valence-electron chi connectivity index (χ0n) is 10.4. The van der Waals surface area contributed by atoms with Crippen LogP contribution in [0.5, 0.6) is 0 Å². The van der Waals surface area contributed by atoms with Crippen LogP contribution >= 0.6 is 0 Å². The molecular formula is C10H17F3N2O3. The van der Waals surface area contributed by atoms with E-state index in [0.717, 1.165) is 0 Å². The Kier molecular flexibility index (Phi) is 5.44. The Morgan fingerprint density at radius 3 is 2.06 bits per heavy atom. The molecule has 0 radical (unpaired) electrons. The van der Waals surface area contributed by atoms with Gasteiger partial charge in [0.15, 0.2) is 0 Å². The van der Waals surface area contributed by atoms with Crippen molar-refractivity contribution in [2.45, 2.75) is 39.4 Å². The van der Waals surface area contributed by atoms with Gasteiger partial charge < -0.3 is 15.7 Å². The highest BCUT2D eigenvalue weighted by atomic mass is 19.4. The summed E-state index contributed by atoms with van der Waals surface area (Å²) in [5.41, 5.74) is -0.743. The van der Waals surface area contributed by atoms with Crippen LogP contribution in [0.1, 0.15) is 27.2 Å². The molecule has 0 aliphatic carbocycles. The highest BCUT2D eigenvalue weighted by Crippen LogP contribution is 2.20. The molecule has 5 nitrogen and oxygen atoms in total. The number of hydrogen-bond acceptors (Lipinski definition) is 2. The molecule has 18 heavy (non-hydrogen) atoms. The maximum absolute atomic E-state index is 11.8. The molecule has 0 saturated heterocycles. The molecule has 0 heterocycles. The second kappa shape index (κ2) is 5.92. The van der Waals surface area contributed by atoms with E-state index < -0.39 is 42.6 Å². The van der Waals surface area contributed by atoms with Gasteiger partial charge in [0.1, 0.15) is 6.04 Å². The topological polar surface area (TPSA) is 78.4 Å². The van der Waals surface area contributed by atoms with Crippen LogP contribution in [0.3, 0.4) is 0 Å². The van der Waals surface area contributed by atoms with Crippen molar-refractivity contribution in [1.82, 2.24) is 10.6 Å². The van der Waals surface area contributed by atoms with Crippen LogP contribution < -0.4 is 10.6 Å². The predicted octanol–water partition coefficient (Wildman–Crippen LogP) is 1.74.